The molecule has 2 unspecified atom stereocenters. The van der Waals surface area contributed by atoms with E-state index in [4.69, 9.17) is 15.9 Å². The van der Waals surface area contributed by atoms with E-state index in [1.807, 2.05) is 0 Å². The van der Waals surface area contributed by atoms with Crippen LogP contribution in [0.15, 0.2) is 0 Å². The Kier molecular flexibility index (Phi) is 4.70. The van der Waals surface area contributed by atoms with Crippen molar-refractivity contribution >= 4 is 11.9 Å². The molecule has 1 rings (SSSR count). The lowest BCUT2D eigenvalue weighted by molar-refractivity contribution is -0.141. The van der Waals surface area contributed by atoms with E-state index >= 15 is 0 Å². The lowest BCUT2D eigenvalue weighted by Crippen LogP contribution is -2.43. The Labute approximate surface area is 94.0 Å². The van der Waals surface area contributed by atoms with Gasteiger partial charge in [-0.25, -0.2) is 0 Å². The number of nitrogens with two attached hydrogens (primary N) is 1. The fourth-order valence-electron chi connectivity index (χ4n) is 1.96. The first-order valence-corrected chi connectivity index (χ1v) is 5.41. The van der Waals surface area contributed by atoms with E-state index in [0.29, 0.717) is 25.4 Å². The Bertz CT molecular complexity index is 270. The average Bonchev–Trinajstić information content (AvgIpc) is 2.64. The summed E-state index contributed by atoms with van der Waals surface area (Å²) in [5, 5.41) is 17.3. The van der Waals surface area contributed by atoms with Crippen molar-refractivity contribution in [1.29, 1.82) is 0 Å². The molecule has 1 saturated heterocycles. The number of likely N-dealkylation sites (tertiary alicyclic amines) is 1. The summed E-state index contributed by atoms with van der Waals surface area (Å²) in [4.78, 5) is 23.7. The number of rotatable bonds is 5. The summed E-state index contributed by atoms with van der Waals surface area (Å²) in [5.74, 6) is -1.05. The van der Waals surface area contributed by atoms with Crippen LogP contribution in [0.1, 0.15) is 19.3 Å². The second-order valence-corrected chi connectivity index (χ2v) is 4.16. The van der Waals surface area contributed by atoms with Crippen LogP contribution in [0.3, 0.4) is 0 Å². The van der Waals surface area contributed by atoms with Crippen LogP contribution in [-0.4, -0.2) is 52.7 Å². The van der Waals surface area contributed by atoms with Gasteiger partial charge in [0.2, 0.25) is 5.91 Å². The first kappa shape index (κ1) is 12.9. The predicted molar refractivity (Wildman–Crippen MR) is 56.6 cm³/mol. The first-order chi connectivity index (χ1) is 7.54. The van der Waals surface area contributed by atoms with Gasteiger partial charge in [-0.2, -0.15) is 0 Å². The van der Waals surface area contributed by atoms with Crippen molar-refractivity contribution in [2.75, 3.05) is 19.7 Å². The zero-order valence-corrected chi connectivity index (χ0v) is 9.13. The van der Waals surface area contributed by atoms with Crippen LogP contribution in [0.5, 0.6) is 0 Å². The van der Waals surface area contributed by atoms with Crippen molar-refractivity contribution in [2.24, 2.45) is 11.7 Å². The van der Waals surface area contributed by atoms with Crippen molar-refractivity contribution in [3.8, 4) is 0 Å². The molecule has 1 fully saturated rings. The van der Waals surface area contributed by atoms with Gasteiger partial charge in [-0.1, -0.05) is 0 Å². The minimum atomic E-state index is -1.06. The number of hydrogen-bond acceptors (Lipinski definition) is 4. The Morgan fingerprint density at radius 2 is 2.19 bits per heavy atom. The molecule has 6 heteroatoms. The number of aliphatic carboxylic acids is 1. The molecule has 0 bridgehead atoms. The number of carbonyl (C=O) groups is 2. The number of hydrogen-bond donors (Lipinski definition) is 3. The van der Waals surface area contributed by atoms with Gasteiger partial charge in [-0.15, -0.1) is 0 Å². The van der Waals surface area contributed by atoms with Crippen LogP contribution >= 0.6 is 0 Å². The SMILES string of the molecule is NC(CC(=O)O)C(=O)N1CCC(CCO)C1. The molecule has 16 heavy (non-hydrogen) atoms. The molecular formula is C10H18N2O4. The third kappa shape index (κ3) is 3.46. The number of carboxylic acids is 1. The van der Waals surface area contributed by atoms with Crippen molar-refractivity contribution in [3.05, 3.63) is 0 Å². The monoisotopic (exact) mass is 230 g/mol. The molecule has 1 heterocycles. The molecule has 0 spiro atoms. The van der Waals surface area contributed by atoms with E-state index in [2.05, 4.69) is 0 Å². The van der Waals surface area contributed by atoms with E-state index in [0.717, 1.165) is 6.42 Å². The molecule has 0 aliphatic carbocycles. The molecule has 4 N–H and O–H groups in total. The van der Waals surface area contributed by atoms with Crippen LogP contribution in [0.4, 0.5) is 0 Å². The van der Waals surface area contributed by atoms with Crippen molar-refractivity contribution in [3.63, 3.8) is 0 Å². The summed E-state index contributed by atoms with van der Waals surface area (Å²) >= 11 is 0. The van der Waals surface area contributed by atoms with Crippen LogP contribution in [0.2, 0.25) is 0 Å². The molecule has 2 atom stereocenters. The van der Waals surface area contributed by atoms with Crippen LogP contribution < -0.4 is 5.73 Å². The maximum absolute atomic E-state index is 11.7. The lowest BCUT2D eigenvalue weighted by atomic mass is 10.1. The molecule has 0 aromatic carbocycles. The minimum absolute atomic E-state index is 0.119. The van der Waals surface area contributed by atoms with Gasteiger partial charge >= 0.3 is 5.97 Å². The first-order valence-electron chi connectivity index (χ1n) is 5.41. The Balaban J connectivity index is 2.41. The highest BCUT2D eigenvalue weighted by atomic mass is 16.4. The van der Waals surface area contributed by atoms with E-state index in [1.54, 1.807) is 4.90 Å². The number of carbonyl (C=O) groups excluding carboxylic acids is 1. The predicted octanol–water partition coefficient (Wildman–Crippen LogP) is -0.981. The zero-order valence-electron chi connectivity index (χ0n) is 9.13. The summed E-state index contributed by atoms with van der Waals surface area (Å²) in [7, 11) is 0. The summed E-state index contributed by atoms with van der Waals surface area (Å²) < 4.78 is 0. The maximum atomic E-state index is 11.7. The molecule has 1 aliphatic rings. The number of nitrogens with zero attached hydrogens (tertiary/aromatic N) is 1. The molecule has 0 radical (unpaired) electrons. The average molecular weight is 230 g/mol. The van der Waals surface area contributed by atoms with E-state index in [1.165, 1.54) is 0 Å². The van der Waals surface area contributed by atoms with Gasteiger partial charge in [0.25, 0.3) is 0 Å². The summed E-state index contributed by atoms with van der Waals surface area (Å²) in [6, 6.07) is -0.953. The van der Waals surface area contributed by atoms with Gasteiger partial charge in [0.1, 0.15) is 0 Å². The van der Waals surface area contributed by atoms with Crippen LogP contribution in [-0.2, 0) is 9.59 Å². The normalized spacial score (nSPS) is 22.1. The topological polar surface area (TPSA) is 104 Å². The third-order valence-electron chi connectivity index (χ3n) is 2.85. The quantitative estimate of drug-likeness (QED) is 0.563. The minimum Gasteiger partial charge on any atom is -0.481 e. The van der Waals surface area contributed by atoms with Gasteiger partial charge in [0.15, 0.2) is 0 Å². The Morgan fingerprint density at radius 3 is 2.75 bits per heavy atom. The number of aliphatic hydroxyl groups is 1. The van der Waals surface area contributed by atoms with Crippen molar-refractivity contribution < 1.29 is 19.8 Å². The molecule has 0 aromatic rings. The van der Waals surface area contributed by atoms with Gasteiger partial charge in [0, 0.05) is 19.7 Å². The van der Waals surface area contributed by atoms with E-state index < -0.39 is 12.0 Å². The summed E-state index contributed by atoms with van der Waals surface area (Å²) in [5.41, 5.74) is 5.50. The molecule has 1 aliphatic heterocycles. The second kappa shape index (κ2) is 5.81. The number of amides is 1. The largest absolute Gasteiger partial charge is 0.481 e. The smallest absolute Gasteiger partial charge is 0.305 e. The number of carboxylic acid groups (broad SMARTS) is 1. The Morgan fingerprint density at radius 1 is 1.50 bits per heavy atom. The highest BCUT2D eigenvalue weighted by Crippen LogP contribution is 2.19. The third-order valence-corrected chi connectivity index (χ3v) is 2.85. The standard InChI is InChI=1S/C10H18N2O4/c11-8(5-9(14)15)10(16)12-3-1-7(6-12)2-4-13/h7-8,13H,1-6,11H2,(H,14,15). The van der Waals surface area contributed by atoms with Crippen molar-refractivity contribution in [2.45, 2.75) is 25.3 Å². The zero-order chi connectivity index (χ0) is 12.1. The number of aliphatic hydroxyl groups excluding tert-OH is 1. The molecule has 92 valence electrons. The van der Waals surface area contributed by atoms with Gasteiger partial charge in [-0.05, 0) is 18.8 Å². The van der Waals surface area contributed by atoms with Crippen molar-refractivity contribution in [1.82, 2.24) is 4.90 Å². The molecular weight excluding hydrogens is 212 g/mol. The van der Waals surface area contributed by atoms with Crippen LogP contribution in [0, 0.1) is 5.92 Å². The lowest BCUT2D eigenvalue weighted by Gasteiger charge is -2.19. The molecule has 1 amide bonds. The van der Waals surface area contributed by atoms with Gasteiger partial charge < -0.3 is 20.8 Å². The highest BCUT2D eigenvalue weighted by Gasteiger charge is 2.29. The van der Waals surface area contributed by atoms with Crippen LogP contribution in [0.25, 0.3) is 0 Å². The van der Waals surface area contributed by atoms with E-state index in [9.17, 15) is 9.59 Å². The van der Waals surface area contributed by atoms with Gasteiger partial charge in [-0.3, -0.25) is 9.59 Å². The molecule has 0 saturated carbocycles. The van der Waals surface area contributed by atoms with E-state index in [-0.39, 0.29) is 18.9 Å². The fraction of sp³-hybridized carbons (Fsp3) is 0.800. The fourth-order valence-corrected chi connectivity index (χ4v) is 1.96. The molecule has 0 aromatic heterocycles. The molecule has 6 nitrogen and oxygen atoms in total. The maximum Gasteiger partial charge on any atom is 0.305 e. The highest BCUT2D eigenvalue weighted by molar-refractivity contribution is 5.86. The Hall–Kier alpha value is -1.14. The summed E-state index contributed by atoms with van der Waals surface area (Å²) in [6.45, 7) is 1.30. The summed E-state index contributed by atoms with van der Waals surface area (Å²) in [6.07, 6.45) is 1.20. The second-order valence-electron chi connectivity index (χ2n) is 4.16. The van der Waals surface area contributed by atoms with Gasteiger partial charge in [0.05, 0.1) is 12.5 Å².